The quantitative estimate of drug-likeness (QED) is 0.555. The predicted octanol–water partition coefficient (Wildman–Crippen LogP) is 0.454. The molecule has 1 amide bonds. The van der Waals surface area contributed by atoms with Crippen molar-refractivity contribution in [1.82, 2.24) is 5.06 Å². The van der Waals surface area contributed by atoms with Crippen LogP contribution in [0.2, 0.25) is 0 Å². The Hall–Kier alpha value is -1.08. The molecule has 4 nitrogen and oxygen atoms in total. The monoisotopic (exact) mass is 154 g/mol. The number of unbranched alkanes of at least 4 members (excludes halogenated alkanes) is 1. The molecule has 0 saturated carbocycles. The molecule has 0 unspecified atom stereocenters. The van der Waals surface area contributed by atoms with Crippen molar-refractivity contribution < 1.29 is 9.63 Å². The molecule has 0 aromatic rings. The summed E-state index contributed by atoms with van der Waals surface area (Å²) in [6.45, 7) is 1.04. The van der Waals surface area contributed by atoms with Crippen LogP contribution < -0.4 is 0 Å². The minimum absolute atomic E-state index is 0.0305. The van der Waals surface area contributed by atoms with Crippen LogP contribution in [-0.4, -0.2) is 24.1 Å². The van der Waals surface area contributed by atoms with Crippen molar-refractivity contribution in [2.75, 3.05) is 13.2 Å². The number of carbonyl (C=O) groups is 1. The van der Waals surface area contributed by atoms with Crippen LogP contribution in [0.4, 0.5) is 0 Å². The molecule has 11 heavy (non-hydrogen) atoms. The van der Waals surface area contributed by atoms with Crippen molar-refractivity contribution in [2.45, 2.75) is 19.3 Å². The van der Waals surface area contributed by atoms with Crippen LogP contribution in [0.5, 0.6) is 0 Å². The fraction of sp³-hybridized carbons (Fsp3) is 0.714. The van der Waals surface area contributed by atoms with Gasteiger partial charge in [-0.15, -0.1) is 0 Å². The van der Waals surface area contributed by atoms with E-state index in [0.29, 0.717) is 32.4 Å². The number of nitriles is 1. The van der Waals surface area contributed by atoms with Gasteiger partial charge in [0.05, 0.1) is 19.1 Å². The summed E-state index contributed by atoms with van der Waals surface area (Å²) in [5, 5.41) is 9.56. The lowest BCUT2D eigenvalue weighted by atomic mass is 10.3. The number of amides is 1. The molecule has 0 spiro atoms. The van der Waals surface area contributed by atoms with Gasteiger partial charge in [-0.1, -0.05) is 0 Å². The first-order valence-corrected chi connectivity index (χ1v) is 3.65. The molecule has 1 saturated heterocycles. The lowest BCUT2D eigenvalue weighted by Crippen LogP contribution is -2.24. The molecule has 4 heteroatoms. The summed E-state index contributed by atoms with van der Waals surface area (Å²) in [6.07, 6.45) is 1.65. The molecular formula is C7H10N2O2. The minimum atomic E-state index is 0.0305. The zero-order chi connectivity index (χ0) is 8.10. The second-order valence-electron chi connectivity index (χ2n) is 2.34. The van der Waals surface area contributed by atoms with Crippen molar-refractivity contribution in [3.8, 4) is 6.07 Å². The summed E-state index contributed by atoms with van der Waals surface area (Å²) >= 11 is 0. The summed E-state index contributed by atoms with van der Waals surface area (Å²) in [4.78, 5) is 15.9. The Bertz CT molecular complexity index is 185. The smallest absolute Gasteiger partial charge is 0.248 e. The number of carbonyl (C=O) groups excluding carboxylic acids is 1. The second-order valence-corrected chi connectivity index (χ2v) is 2.34. The highest BCUT2D eigenvalue weighted by Crippen LogP contribution is 2.07. The fourth-order valence-corrected chi connectivity index (χ4v) is 0.931. The number of nitrogens with zero attached hydrogens (tertiary/aromatic N) is 2. The molecule has 1 fully saturated rings. The van der Waals surface area contributed by atoms with E-state index in [2.05, 4.69) is 0 Å². The Kier molecular flexibility index (Phi) is 2.87. The molecule has 0 aromatic heterocycles. The molecule has 0 radical (unpaired) electrons. The van der Waals surface area contributed by atoms with E-state index >= 15 is 0 Å². The fourth-order valence-electron chi connectivity index (χ4n) is 0.931. The maximum Gasteiger partial charge on any atom is 0.248 e. The van der Waals surface area contributed by atoms with Crippen molar-refractivity contribution >= 4 is 5.91 Å². The van der Waals surface area contributed by atoms with Crippen LogP contribution in [0.3, 0.4) is 0 Å². The number of hydroxylamine groups is 2. The summed E-state index contributed by atoms with van der Waals surface area (Å²) in [5.41, 5.74) is 0. The van der Waals surface area contributed by atoms with Gasteiger partial charge in [-0.3, -0.25) is 9.63 Å². The van der Waals surface area contributed by atoms with E-state index in [-0.39, 0.29) is 5.91 Å². The van der Waals surface area contributed by atoms with Gasteiger partial charge in [-0.25, -0.2) is 5.06 Å². The molecule has 1 aliphatic rings. The van der Waals surface area contributed by atoms with Crippen LogP contribution in [0, 0.1) is 11.3 Å². The number of rotatable bonds is 3. The highest BCUT2D eigenvalue weighted by Gasteiger charge is 2.20. The van der Waals surface area contributed by atoms with Gasteiger partial charge < -0.3 is 0 Å². The van der Waals surface area contributed by atoms with E-state index in [4.69, 9.17) is 10.1 Å². The van der Waals surface area contributed by atoms with Crippen LogP contribution in [-0.2, 0) is 9.63 Å². The first-order chi connectivity index (χ1) is 5.34. The largest absolute Gasteiger partial charge is 0.272 e. The first kappa shape index (κ1) is 8.02. The Labute approximate surface area is 65.3 Å². The van der Waals surface area contributed by atoms with Gasteiger partial charge in [-0.05, 0) is 6.42 Å². The maximum atomic E-state index is 10.9. The zero-order valence-electron chi connectivity index (χ0n) is 6.25. The van der Waals surface area contributed by atoms with Gasteiger partial charge in [-0.2, -0.15) is 5.26 Å². The molecule has 0 atom stereocenters. The van der Waals surface area contributed by atoms with E-state index in [1.54, 1.807) is 0 Å². The highest BCUT2D eigenvalue weighted by atomic mass is 16.7. The molecular weight excluding hydrogens is 144 g/mol. The molecule has 0 N–H and O–H groups in total. The topological polar surface area (TPSA) is 53.3 Å². The zero-order valence-corrected chi connectivity index (χ0v) is 6.25. The van der Waals surface area contributed by atoms with Gasteiger partial charge in [0.15, 0.2) is 0 Å². The van der Waals surface area contributed by atoms with Gasteiger partial charge in [0, 0.05) is 13.0 Å². The molecule has 1 rings (SSSR count). The van der Waals surface area contributed by atoms with Gasteiger partial charge >= 0.3 is 0 Å². The van der Waals surface area contributed by atoms with Crippen molar-refractivity contribution in [1.29, 1.82) is 5.26 Å². The van der Waals surface area contributed by atoms with Crippen LogP contribution in [0.1, 0.15) is 19.3 Å². The van der Waals surface area contributed by atoms with Crippen molar-refractivity contribution in [3.05, 3.63) is 0 Å². The van der Waals surface area contributed by atoms with Crippen molar-refractivity contribution in [3.63, 3.8) is 0 Å². The molecule has 1 heterocycles. The van der Waals surface area contributed by atoms with Crippen LogP contribution in [0.15, 0.2) is 0 Å². The summed E-state index contributed by atoms with van der Waals surface area (Å²) in [5.74, 6) is 0.0305. The maximum absolute atomic E-state index is 10.9. The summed E-state index contributed by atoms with van der Waals surface area (Å²) < 4.78 is 0. The summed E-state index contributed by atoms with van der Waals surface area (Å²) in [7, 11) is 0. The SMILES string of the molecule is N#CCCCN1OCCC1=O. The van der Waals surface area contributed by atoms with E-state index in [0.717, 1.165) is 0 Å². The third kappa shape index (κ3) is 2.20. The normalized spacial score (nSPS) is 17.0. The van der Waals surface area contributed by atoms with E-state index in [1.165, 1.54) is 5.06 Å². The molecule has 0 aromatic carbocycles. The second kappa shape index (κ2) is 3.94. The first-order valence-electron chi connectivity index (χ1n) is 3.65. The van der Waals surface area contributed by atoms with E-state index < -0.39 is 0 Å². The average molecular weight is 154 g/mol. The van der Waals surface area contributed by atoms with E-state index in [9.17, 15) is 4.79 Å². The minimum Gasteiger partial charge on any atom is -0.272 e. The Balaban J connectivity index is 2.16. The van der Waals surface area contributed by atoms with Gasteiger partial charge in [0.25, 0.3) is 0 Å². The van der Waals surface area contributed by atoms with Crippen LogP contribution >= 0.6 is 0 Å². The summed E-state index contributed by atoms with van der Waals surface area (Å²) in [6, 6.07) is 2.01. The Morgan fingerprint density at radius 2 is 2.55 bits per heavy atom. The van der Waals surface area contributed by atoms with Crippen LogP contribution in [0.25, 0.3) is 0 Å². The average Bonchev–Trinajstić information content (AvgIpc) is 2.37. The standard InChI is InChI=1S/C7H10N2O2/c8-4-1-2-5-9-7(10)3-6-11-9/h1-3,5-6H2. The van der Waals surface area contributed by atoms with Gasteiger partial charge in [0.2, 0.25) is 5.91 Å². The molecule has 60 valence electrons. The molecule has 0 bridgehead atoms. The Morgan fingerprint density at radius 1 is 1.73 bits per heavy atom. The lowest BCUT2D eigenvalue weighted by molar-refractivity contribution is -0.161. The molecule has 1 aliphatic heterocycles. The van der Waals surface area contributed by atoms with E-state index in [1.807, 2.05) is 6.07 Å². The third-order valence-corrected chi connectivity index (χ3v) is 1.49. The van der Waals surface area contributed by atoms with Gasteiger partial charge in [0.1, 0.15) is 0 Å². The predicted molar refractivity (Wildman–Crippen MR) is 37.1 cm³/mol. The Morgan fingerprint density at radius 3 is 3.09 bits per heavy atom. The molecule has 0 aliphatic carbocycles. The number of hydrogen-bond donors (Lipinski definition) is 0. The third-order valence-electron chi connectivity index (χ3n) is 1.49. The van der Waals surface area contributed by atoms with Crippen molar-refractivity contribution in [2.24, 2.45) is 0 Å². The lowest BCUT2D eigenvalue weighted by Gasteiger charge is -2.11. The number of hydrogen-bond acceptors (Lipinski definition) is 3. The highest BCUT2D eigenvalue weighted by molar-refractivity contribution is 5.76.